The topological polar surface area (TPSA) is 93.2 Å². The van der Waals surface area contributed by atoms with Gasteiger partial charge < -0.3 is 14.6 Å². The Hall–Kier alpha value is -1.95. The third-order valence-electron chi connectivity index (χ3n) is 6.11. The molecule has 2 fully saturated rings. The van der Waals surface area contributed by atoms with Gasteiger partial charge in [-0.05, 0) is 18.4 Å². The van der Waals surface area contributed by atoms with Crippen molar-refractivity contribution >= 4 is 17.5 Å². The number of allylic oxidation sites excluding steroid dienone is 1. The highest BCUT2D eigenvalue weighted by Crippen LogP contribution is 2.56. The fourth-order valence-electron chi connectivity index (χ4n) is 4.66. The van der Waals surface area contributed by atoms with Gasteiger partial charge in [0.25, 0.3) is 0 Å². The molecule has 4 aliphatic rings. The molecule has 7 atom stereocenters. The second-order valence-corrected chi connectivity index (χ2v) is 7.94. The van der Waals surface area contributed by atoms with Crippen LogP contribution in [0.25, 0.3) is 0 Å². The maximum atomic E-state index is 12.8. The molecule has 0 aromatic heterocycles. The highest BCUT2D eigenvalue weighted by molar-refractivity contribution is 6.20. The Labute approximate surface area is 145 Å². The number of hydrogen-bond acceptors (Lipinski definition) is 6. The van der Waals surface area contributed by atoms with Gasteiger partial charge in [0.15, 0.2) is 22.9 Å². The van der Waals surface area contributed by atoms with E-state index in [1.165, 1.54) is 6.08 Å². The van der Waals surface area contributed by atoms with E-state index >= 15 is 0 Å². The molecule has 2 heterocycles. The molecule has 0 aromatic carbocycles. The van der Waals surface area contributed by atoms with E-state index in [2.05, 4.69) is 0 Å². The van der Waals surface area contributed by atoms with Crippen molar-refractivity contribution in [1.82, 2.24) is 0 Å². The van der Waals surface area contributed by atoms with E-state index in [1.54, 1.807) is 19.9 Å². The van der Waals surface area contributed by atoms with Gasteiger partial charge in [-0.2, -0.15) is 0 Å². The maximum absolute atomic E-state index is 12.8. The lowest BCUT2D eigenvalue weighted by Crippen LogP contribution is -2.48. The van der Waals surface area contributed by atoms with E-state index in [1.807, 2.05) is 6.92 Å². The van der Waals surface area contributed by atoms with E-state index < -0.39 is 29.2 Å². The van der Waals surface area contributed by atoms with Crippen molar-refractivity contribution in [2.45, 2.75) is 51.4 Å². The minimum absolute atomic E-state index is 0.0307. The first-order valence-corrected chi connectivity index (χ1v) is 8.85. The van der Waals surface area contributed by atoms with Crippen molar-refractivity contribution in [1.29, 1.82) is 0 Å². The number of ether oxygens (including phenoxy) is 2. The summed E-state index contributed by atoms with van der Waals surface area (Å²) in [5, 5.41) is 10.9. The monoisotopic (exact) mass is 346 g/mol. The number of aliphatic hydroxyl groups is 1. The number of esters is 1. The first-order valence-electron chi connectivity index (χ1n) is 8.85. The molecule has 1 N–H and O–H groups in total. The van der Waals surface area contributed by atoms with Gasteiger partial charge in [0.1, 0.15) is 5.57 Å². The standard InChI is InChI=1S/C19H22O6/c1-8-6-9(2)14(21)13-17(22)19(25-18(13)23)7-10(3)15-16(24-15)11(19)4-5-12(8)20/h4-5,8-11,15-16,22H,6-7H2,1-3H3/b5-4-/t8-,9+,10+,11+,15-,16+,19+/m0/s1. The zero-order chi connectivity index (χ0) is 18.1. The first kappa shape index (κ1) is 16.5. The molecule has 6 heteroatoms. The summed E-state index contributed by atoms with van der Waals surface area (Å²) in [5.41, 5.74) is -1.55. The Balaban J connectivity index is 1.87. The lowest BCUT2D eigenvalue weighted by atomic mass is 9.69. The Bertz CT molecular complexity index is 734. The molecule has 4 rings (SSSR count). The zero-order valence-corrected chi connectivity index (χ0v) is 14.5. The third kappa shape index (κ3) is 2.23. The van der Waals surface area contributed by atoms with E-state index in [0.717, 1.165) is 0 Å². The predicted molar refractivity (Wildman–Crippen MR) is 86.5 cm³/mol. The van der Waals surface area contributed by atoms with Crippen LogP contribution in [0.5, 0.6) is 0 Å². The Kier molecular flexibility index (Phi) is 3.48. The summed E-state index contributed by atoms with van der Waals surface area (Å²) >= 11 is 0. The molecule has 25 heavy (non-hydrogen) atoms. The molecule has 2 aliphatic carbocycles. The molecule has 0 amide bonds. The van der Waals surface area contributed by atoms with Crippen LogP contribution in [0, 0.1) is 23.7 Å². The van der Waals surface area contributed by atoms with Crippen molar-refractivity contribution in [2.75, 3.05) is 0 Å². The lowest BCUT2D eigenvalue weighted by molar-refractivity contribution is -0.155. The van der Waals surface area contributed by atoms with Crippen LogP contribution in [0.3, 0.4) is 0 Å². The summed E-state index contributed by atoms with van der Waals surface area (Å²) in [5.74, 6) is -2.84. The number of aliphatic hydroxyl groups excluding tert-OH is 1. The Morgan fingerprint density at radius 3 is 2.56 bits per heavy atom. The summed E-state index contributed by atoms with van der Waals surface area (Å²) in [6, 6.07) is 0. The molecule has 1 spiro atoms. The number of rotatable bonds is 0. The smallest absolute Gasteiger partial charge is 0.346 e. The fourth-order valence-corrected chi connectivity index (χ4v) is 4.66. The van der Waals surface area contributed by atoms with Crippen molar-refractivity contribution in [3.05, 3.63) is 23.5 Å². The van der Waals surface area contributed by atoms with Crippen LogP contribution in [0.15, 0.2) is 23.5 Å². The van der Waals surface area contributed by atoms with Crippen LogP contribution in [-0.2, 0) is 23.9 Å². The van der Waals surface area contributed by atoms with Crippen molar-refractivity contribution in [2.24, 2.45) is 23.7 Å². The molecule has 2 bridgehead atoms. The summed E-state index contributed by atoms with van der Waals surface area (Å²) in [4.78, 5) is 37.6. The van der Waals surface area contributed by atoms with E-state index in [0.29, 0.717) is 12.8 Å². The first-order chi connectivity index (χ1) is 11.8. The van der Waals surface area contributed by atoms with Crippen LogP contribution in [0.2, 0.25) is 0 Å². The summed E-state index contributed by atoms with van der Waals surface area (Å²) in [6.07, 6.45) is 3.70. The van der Waals surface area contributed by atoms with Gasteiger partial charge in [0.05, 0.1) is 18.1 Å². The largest absolute Gasteiger partial charge is 0.507 e. The number of Topliss-reactive ketones (excluding diaryl/α,β-unsaturated/α-hetero) is 1. The molecule has 0 aromatic rings. The number of ketones is 2. The normalized spacial score (nSPS) is 47.6. The van der Waals surface area contributed by atoms with Gasteiger partial charge in [0, 0.05) is 18.3 Å². The highest BCUT2D eigenvalue weighted by Gasteiger charge is 2.67. The fraction of sp³-hybridized carbons (Fsp3) is 0.632. The van der Waals surface area contributed by atoms with E-state index in [-0.39, 0.29) is 41.2 Å². The molecule has 6 nitrogen and oxygen atoms in total. The Morgan fingerprint density at radius 1 is 1.12 bits per heavy atom. The van der Waals surface area contributed by atoms with Crippen LogP contribution in [-0.4, -0.2) is 40.5 Å². The lowest BCUT2D eigenvalue weighted by Gasteiger charge is -2.38. The number of carbonyl (C=O) groups excluding carboxylic acids is 3. The molecule has 0 unspecified atom stereocenters. The minimum atomic E-state index is -1.30. The van der Waals surface area contributed by atoms with Gasteiger partial charge >= 0.3 is 5.97 Å². The van der Waals surface area contributed by atoms with Crippen LogP contribution >= 0.6 is 0 Å². The minimum Gasteiger partial charge on any atom is -0.507 e. The zero-order valence-electron chi connectivity index (χ0n) is 14.5. The van der Waals surface area contributed by atoms with Gasteiger partial charge in [-0.1, -0.05) is 26.8 Å². The number of carbonyl (C=O) groups is 3. The summed E-state index contributed by atoms with van der Waals surface area (Å²) in [6.45, 7) is 5.42. The number of fused-ring (bicyclic) bond motifs is 2. The highest BCUT2D eigenvalue weighted by atomic mass is 16.6. The SMILES string of the molecule is C[C@@H]1C[C@H](C)C(=O)/C=C\[C@@H]2[C@H]3O[C@H]3[C@H](C)C[C@@]23OC(=O)C(=C3O)C1=O. The van der Waals surface area contributed by atoms with E-state index in [9.17, 15) is 19.5 Å². The summed E-state index contributed by atoms with van der Waals surface area (Å²) in [7, 11) is 0. The molecule has 134 valence electrons. The van der Waals surface area contributed by atoms with Crippen LogP contribution in [0.4, 0.5) is 0 Å². The van der Waals surface area contributed by atoms with Gasteiger partial charge in [-0.3, -0.25) is 9.59 Å². The van der Waals surface area contributed by atoms with Crippen molar-refractivity contribution in [3.63, 3.8) is 0 Å². The van der Waals surface area contributed by atoms with Crippen molar-refractivity contribution < 1.29 is 29.0 Å². The average molecular weight is 346 g/mol. The van der Waals surface area contributed by atoms with Crippen molar-refractivity contribution in [3.8, 4) is 0 Å². The van der Waals surface area contributed by atoms with Gasteiger partial charge in [-0.15, -0.1) is 0 Å². The molecule has 0 radical (unpaired) electrons. The number of epoxide rings is 1. The molecular formula is C19H22O6. The molecule has 1 saturated carbocycles. The molecule has 2 aliphatic heterocycles. The van der Waals surface area contributed by atoms with Gasteiger partial charge in [0.2, 0.25) is 0 Å². The average Bonchev–Trinajstić information content (AvgIpc) is 3.29. The molecule has 1 saturated heterocycles. The maximum Gasteiger partial charge on any atom is 0.346 e. The Morgan fingerprint density at radius 2 is 1.84 bits per heavy atom. The predicted octanol–water partition coefficient (Wildman–Crippen LogP) is 1.89. The number of hydrogen-bond donors (Lipinski definition) is 1. The van der Waals surface area contributed by atoms with Crippen LogP contribution < -0.4 is 0 Å². The van der Waals surface area contributed by atoms with Crippen LogP contribution in [0.1, 0.15) is 33.6 Å². The molecular weight excluding hydrogens is 324 g/mol. The van der Waals surface area contributed by atoms with E-state index in [4.69, 9.17) is 9.47 Å². The second-order valence-electron chi connectivity index (χ2n) is 7.94. The third-order valence-corrected chi connectivity index (χ3v) is 6.11. The summed E-state index contributed by atoms with van der Waals surface area (Å²) < 4.78 is 11.3. The second kappa shape index (κ2) is 5.27. The van der Waals surface area contributed by atoms with Gasteiger partial charge in [-0.25, -0.2) is 4.79 Å². The quantitative estimate of drug-likeness (QED) is 0.409.